The number of likely N-dealkylation sites (N-methyl/N-ethyl adjacent to an activating group) is 1. The van der Waals surface area contributed by atoms with Gasteiger partial charge in [-0.15, -0.1) is 0 Å². The molecule has 1 atom stereocenters. The van der Waals surface area contributed by atoms with Crippen molar-refractivity contribution in [3.05, 3.63) is 23.2 Å². The average molecular weight is 255 g/mol. The Morgan fingerprint density at radius 2 is 2.35 bits per heavy atom. The van der Waals surface area contributed by atoms with Crippen molar-refractivity contribution in [3.63, 3.8) is 0 Å². The van der Waals surface area contributed by atoms with Crippen LogP contribution in [0.25, 0.3) is 0 Å². The van der Waals surface area contributed by atoms with Crippen molar-refractivity contribution in [2.75, 3.05) is 19.6 Å². The fourth-order valence-electron chi connectivity index (χ4n) is 2.18. The Labute approximate surface area is 107 Å². The SMILES string of the molecule is CCN(Cc1cnc(Cl)cn1)CC1CCCN1. The maximum Gasteiger partial charge on any atom is 0.147 e. The Morgan fingerprint density at radius 3 is 2.94 bits per heavy atom. The van der Waals surface area contributed by atoms with Gasteiger partial charge in [0, 0.05) is 19.1 Å². The molecule has 2 heterocycles. The minimum atomic E-state index is 0.453. The van der Waals surface area contributed by atoms with Crippen LogP contribution in [-0.2, 0) is 6.54 Å². The zero-order chi connectivity index (χ0) is 12.1. The highest BCUT2D eigenvalue weighted by atomic mass is 35.5. The van der Waals surface area contributed by atoms with Crippen molar-refractivity contribution in [1.29, 1.82) is 0 Å². The van der Waals surface area contributed by atoms with Gasteiger partial charge >= 0.3 is 0 Å². The van der Waals surface area contributed by atoms with E-state index < -0.39 is 0 Å². The minimum absolute atomic E-state index is 0.453. The maximum atomic E-state index is 5.72. The summed E-state index contributed by atoms with van der Waals surface area (Å²) < 4.78 is 0. The first-order valence-corrected chi connectivity index (χ1v) is 6.58. The summed E-state index contributed by atoms with van der Waals surface area (Å²) in [6, 6.07) is 0.634. The van der Waals surface area contributed by atoms with E-state index in [0.717, 1.165) is 31.9 Å². The predicted molar refractivity (Wildman–Crippen MR) is 69.0 cm³/mol. The molecule has 1 saturated heterocycles. The van der Waals surface area contributed by atoms with Crippen molar-refractivity contribution >= 4 is 11.6 Å². The first-order chi connectivity index (χ1) is 8.28. The Morgan fingerprint density at radius 1 is 1.47 bits per heavy atom. The highest BCUT2D eigenvalue weighted by Gasteiger charge is 2.17. The number of rotatable bonds is 5. The molecule has 0 amide bonds. The molecule has 1 N–H and O–H groups in total. The van der Waals surface area contributed by atoms with Crippen molar-refractivity contribution in [2.45, 2.75) is 32.4 Å². The van der Waals surface area contributed by atoms with Gasteiger partial charge in [0.2, 0.25) is 0 Å². The third-order valence-corrected chi connectivity index (χ3v) is 3.34. The Kier molecular flexibility index (Phi) is 4.71. The molecule has 0 spiro atoms. The Hall–Kier alpha value is -0.710. The van der Waals surface area contributed by atoms with E-state index in [1.807, 2.05) is 0 Å². The molecular formula is C12H19ClN4. The lowest BCUT2D eigenvalue weighted by Gasteiger charge is -2.23. The van der Waals surface area contributed by atoms with Crippen LogP contribution in [0.5, 0.6) is 0 Å². The number of halogens is 1. The first-order valence-electron chi connectivity index (χ1n) is 6.20. The molecular weight excluding hydrogens is 236 g/mol. The number of aromatic nitrogens is 2. The molecule has 1 aromatic heterocycles. The molecule has 1 aliphatic rings. The van der Waals surface area contributed by atoms with E-state index in [-0.39, 0.29) is 0 Å². The molecule has 0 saturated carbocycles. The molecule has 2 rings (SSSR count). The van der Waals surface area contributed by atoms with Crippen molar-refractivity contribution in [3.8, 4) is 0 Å². The van der Waals surface area contributed by atoms with Gasteiger partial charge in [0.05, 0.1) is 18.1 Å². The molecule has 1 aliphatic heterocycles. The summed E-state index contributed by atoms with van der Waals surface area (Å²) in [6.45, 7) is 6.30. The summed E-state index contributed by atoms with van der Waals surface area (Å²) in [5.74, 6) is 0. The summed E-state index contributed by atoms with van der Waals surface area (Å²) in [6.07, 6.45) is 5.94. The normalized spacial score (nSPS) is 20.1. The van der Waals surface area contributed by atoms with Gasteiger partial charge in [-0.3, -0.25) is 9.88 Å². The van der Waals surface area contributed by atoms with Crippen molar-refractivity contribution in [1.82, 2.24) is 20.2 Å². The van der Waals surface area contributed by atoms with Gasteiger partial charge < -0.3 is 5.32 Å². The lowest BCUT2D eigenvalue weighted by atomic mass is 10.2. The van der Waals surface area contributed by atoms with Crippen LogP contribution in [-0.4, -0.2) is 40.5 Å². The quantitative estimate of drug-likeness (QED) is 0.869. The summed E-state index contributed by atoms with van der Waals surface area (Å²) >= 11 is 5.72. The zero-order valence-electron chi connectivity index (χ0n) is 10.2. The molecule has 1 aromatic rings. The van der Waals surface area contributed by atoms with Crippen LogP contribution >= 0.6 is 11.6 Å². The van der Waals surface area contributed by atoms with Crippen LogP contribution in [0.4, 0.5) is 0 Å². The first kappa shape index (κ1) is 12.7. The van der Waals surface area contributed by atoms with Gasteiger partial charge in [0.1, 0.15) is 5.15 Å². The fraction of sp³-hybridized carbons (Fsp3) is 0.667. The number of hydrogen-bond donors (Lipinski definition) is 1. The van der Waals surface area contributed by atoms with E-state index in [9.17, 15) is 0 Å². The molecule has 0 aliphatic carbocycles. The van der Waals surface area contributed by atoms with E-state index in [1.54, 1.807) is 12.4 Å². The largest absolute Gasteiger partial charge is 0.313 e. The van der Waals surface area contributed by atoms with Gasteiger partial charge in [-0.1, -0.05) is 18.5 Å². The predicted octanol–water partition coefficient (Wildman–Crippen LogP) is 1.70. The lowest BCUT2D eigenvalue weighted by Crippen LogP contribution is -2.37. The number of nitrogens with zero attached hydrogens (tertiary/aromatic N) is 3. The third-order valence-electron chi connectivity index (χ3n) is 3.15. The van der Waals surface area contributed by atoms with Crippen LogP contribution in [0.15, 0.2) is 12.4 Å². The molecule has 0 aromatic carbocycles. The van der Waals surface area contributed by atoms with Gasteiger partial charge in [-0.05, 0) is 25.9 Å². The van der Waals surface area contributed by atoms with E-state index >= 15 is 0 Å². The summed E-state index contributed by atoms with van der Waals surface area (Å²) in [7, 11) is 0. The molecule has 4 nitrogen and oxygen atoms in total. The molecule has 0 bridgehead atoms. The Balaban J connectivity index is 1.87. The van der Waals surface area contributed by atoms with E-state index in [0.29, 0.717) is 11.2 Å². The topological polar surface area (TPSA) is 41.1 Å². The summed E-state index contributed by atoms with van der Waals surface area (Å²) in [5, 5.41) is 3.97. The molecule has 17 heavy (non-hydrogen) atoms. The lowest BCUT2D eigenvalue weighted by molar-refractivity contribution is 0.250. The standard InChI is InChI=1S/C12H19ClN4/c1-2-17(8-10-4-3-5-14-10)9-11-6-16-12(13)7-15-11/h6-7,10,14H,2-5,8-9H2,1H3. The second-order valence-electron chi connectivity index (χ2n) is 4.45. The molecule has 0 radical (unpaired) electrons. The van der Waals surface area contributed by atoms with Crippen molar-refractivity contribution < 1.29 is 0 Å². The summed E-state index contributed by atoms with van der Waals surface area (Å²) in [4.78, 5) is 10.7. The van der Waals surface area contributed by atoms with Gasteiger partial charge in [-0.2, -0.15) is 0 Å². The van der Waals surface area contributed by atoms with Crippen LogP contribution in [0, 0.1) is 0 Å². The smallest absolute Gasteiger partial charge is 0.147 e. The molecule has 1 fully saturated rings. The van der Waals surface area contributed by atoms with Gasteiger partial charge in [-0.25, -0.2) is 4.98 Å². The van der Waals surface area contributed by atoms with Gasteiger partial charge in [0.25, 0.3) is 0 Å². The fourth-order valence-corrected chi connectivity index (χ4v) is 2.28. The highest BCUT2D eigenvalue weighted by molar-refractivity contribution is 6.29. The maximum absolute atomic E-state index is 5.72. The zero-order valence-corrected chi connectivity index (χ0v) is 11.0. The number of nitrogens with one attached hydrogen (secondary N) is 1. The highest BCUT2D eigenvalue weighted by Crippen LogP contribution is 2.09. The second kappa shape index (κ2) is 6.28. The van der Waals surface area contributed by atoms with E-state index in [4.69, 9.17) is 11.6 Å². The monoisotopic (exact) mass is 254 g/mol. The van der Waals surface area contributed by atoms with Crippen LogP contribution in [0.1, 0.15) is 25.5 Å². The average Bonchev–Trinajstić information content (AvgIpc) is 2.84. The van der Waals surface area contributed by atoms with E-state index in [1.165, 1.54) is 12.8 Å². The molecule has 94 valence electrons. The molecule has 5 heteroatoms. The Bertz CT molecular complexity index is 335. The summed E-state index contributed by atoms with van der Waals surface area (Å²) in [5.41, 5.74) is 0.981. The van der Waals surface area contributed by atoms with Crippen LogP contribution in [0.3, 0.4) is 0 Å². The van der Waals surface area contributed by atoms with E-state index in [2.05, 4.69) is 27.1 Å². The van der Waals surface area contributed by atoms with Gasteiger partial charge in [0.15, 0.2) is 0 Å². The third kappa shape index (κ3) is 3.91. The number of hydrogen-bond acceptors (Lipinski definition) is 4. The molecule has 1 unspecified atom stereocenters. The minimum Gasteiger partial charge on any atom is -0.313 e. The second-order valence-corrected chi connectivity index (χ2v) is 4.84. The van der Waals surface area contributed by atoms with Crippen molar-refractivity contribution in [2.24, 2.45) is 0 Å². The van der Waals surface area contributed by atoms with Crippen LogP contribution < -0.4 is 5.32 Å². The van der Waals surface area contributed by atoms with Crippen LogP contribution in [0.2, 0.25) is 5.15 Å².